The summed E-state index contributed by atoms with van der Waals surface area (Å²) in [4.78, 5) is 4.38. The number of rotatable bonds is 4. The van der Waals surface area contributed by atoms with E-state index in [1.165, 1.54) is 0 Å². The number of nitrogens with zero attached hydrogens (tertiary/aromatic N) is 1. The molecule has 0 atom stereocenters. The molecule has 1 rings (SSSR count). The summed E-state index contributed by atoms with van der Waals surface area (Å²) in [5.41, 5.74) is 7.45. The molecule has 2 N–H and O–H groups in total. The van der Waals surface area contributed by atoms with Crippen LogP contribution in [0.25, 0.3) is 0 Å². The molecule has 1 heterocycles. The molecule has 0 bridgehead atoms. The monoisotopic (exact) mass is 180 g/mol. The number of aryl methyl sites for hydroxylation is 1. The number of pyridine rings is 1. The largest absolute Gasteiger partial charge is 0.492 e. The Labute approximate surface area is 78.9 Å². The smallest absolute Gasteiger partial charge is 0.140 e. The minimum absolute atomic E-state index is 0.608. The maximum atomic E-state index is 5.48. The van der Waals surface area contributed by atoms with Gasteiger partial charge in [0.05, 0.1) is 12.3 Å². The highest BCUT2D eigenvalue weighted by Gasteiger charge is 2.03. The van der Waals surface area contributed by atoms with Crippen LogP contribution in [0, 0.1) is 6.92 Å². The molecule has 0 aliphatic rings. The number of hydrogen-bond donors (Lipinski definition) is 1. The summed E-state index contributed by atoms with van der Waals surface area (Å²) >= 11 is 0. The molecule has 3 nitrogen and oxygen atoms in total. The van der Waals surface area contributed by atoms with E-state index in [0.29, 0.717) is 13.2 Å². The van der Waals surface area contributed by atoms with E-state index in [9.17, 15) is 0 Å². The van der Waals surface area contributed by atoms with Crippen LogP contribution in [0.5, 0.6) is 5.75 Å². The standard InChI is InChI=1S/C10H16N2O/c1-3-13-10-5-4-8(2)12-9(10)6-7-11/h4-5H,3,6-7,11H2,1-2H3. The first-order valence-corrected chi connectivity index (χ1v) is 4.57. The minimum atomic E-state index is 0.608. The summed E-state index contributed by atoms with van der Waals surface area (Å²) in [6.07, 6.45) is 0.775. The minimum Gasteiger partial charge on any atom is -0.492 e. The molecular weight excluding hydrogens is 164 g/mol. The lowest BCUT2D eigenvalue weighted by Gasteiger charge is -2.08. The van der Waals surface area contributed by atoms with Crippen molar-refractivity contribution >= 4 is 0 Å². The molecule has 13 heavy (non-hydrogen) atoms. The maximum absolute atomic E-state index is 5.48. The highest BCUT2D eigenvalue weighted by Crippen LogP contribution is 2.16. The highest BCUT2D eigenvalue weighted by molar-refractivity contribution is 5.29. The first-order chi connectivity index (χ1) is 6.27. The van der Waals surface area contributed by atoms with Gasteiger partial charge in [0.25, 0.3) is 0 Å². The topological polar surface area (TPSA) is 48.1 Å². The second kappa shape index (κ2) is 4.82. The van der Waals surface area contributed by atoms with Gasteiger partial charge in [0, 0.05) is 12.1 Å². The van der Waals surface area contributed by atoms with Crippen LogP contribution in [0.4, 0.5) is 0 Å². The molecule has 1 aromatic rings. The van der Waals surface area contributed by atoms with E-state index in [1.807, 2.05) is 26.0 Å². The molecule has 0 saturated heterocycles. The van der Waals surface area contributed by atoms with Gasteiger partial charge in [-0.25, -0.2) is 0 Å². The molecule has 0 radical (unpaired) electrons. The van der Waals surface area contributed by atoms with Crippen molar-refractivity contribution in [2.24, 2.45) is 5.73 Å². The Bertz CT molecular complexity index is 274. The number of hydrogen-bond acceptors (Lipinski definition) is 3. The molecule has 0 aliphatic carbocycles. The van der Waals surface area contributed by atoms with Crippen LogP contribution in [0.15, 0.2) is 12.1 Å². The Morgan fingerprint density at radius 1 is 1.46 bits per heavy atom. The first kappa shape index (κ1) is 9.99. The van der Waals surface area contributed by atoms with Crippen molar-refractivity contribution in [1.29, 1.82) is 0 Å². The van der Waals surface area contributed by atoms with Gasteiger partial charge in [0.2, 0.25) is 0 Å². The van der Waals surface area contributed by atoms with Gasteiger partial charge in [-0.15, -0.1) is 0 Å². The van der Waals surface area contributed by atoms with Crippen LogP contribution in [0.3, 0.4) is 0 Å². The fourth-order valence-electron chi connectivity index (χ4n) is 1.20. The van der Waals surface area contributed by atoms with Gasteiger partial charge in [-0.05, 0) is 32.5 Å². The molecule has 0 aliphatic heterocycles. The molecular formula is C10H16N2O. The predicted molar refractivity (Wildman–Crippen MR) is 52.9 cm³/mol. The van der Waals surface area contributed by atoms with E-state index in [1.54, 1.807) is 0 Å². The van der Waals surface area contributed by atoms with Crippen LogP contribution in [0.1, 0.15) is 18.3 Å². The van der Waals surface area contributed by atoms with Crippen molar-refractivity contribution in [3.05, 3.63) is 23.5 Å². The van der Waals surface area contributed by atoms with Gasteiger partial charge in [-0.2, -0.15) is 0 Å². The Morgan fingerprint density at radius 2 is 2.23 bits per heavy atom. The van der Waals surface area contributed by atoms with Gasteiger partial charge in [0.1, 0.15) is 5.75 Å². The van der Waals surface area contributed by atoms with E-state index in [2.05, 4.69) is 4.98 Å². The van der Waals surface area contributed by atoms with Gasteiger partial charge < -0.3 is 10.5 Å². The molecule has 3 heteroatoms. The lowest BCUT2D eigenvalue weighted by atomic mass is 10.2. The molecule has 0 unspecified atom stereocenters. The average molecular weight is 180 g/mol. The van der Waals surface area contributed by atoms with Gasteiger partial charge in [0.15, 0.2) is 0 Å². The van der Waals surface area contributed by atoms with E-state index < -0.39 is 0 Å². The second-order valence-corrected chi connectivity index (χ2v) is 2.87. The van der Waals surface area contributed by atoms with Crippen molar-refractivity contribution in [1.82, 2.24) is 4.98 Å². The van der Waals surface area contributed by atoms with Crippen LogP contribution in [-0.4, -0.2) is 18.1 Å². The SMILES string of the molecule is CCOc1ccc(C)nc1CCN. The van der Waals surface area contributed by atoms with Crippen LogP contribution in [-0.2, 0) is 6.42 Å². The van der Waals surface area contributed by atoms with E-state index in [4.69, 9.17) is 10.5 Å². The van der Waals surface area contributed by atoms with Crippen molar-refractivity contribution in [3.63, 3.8) is 0 Å². The molecule has 1 aromatic heterocycles. The number of aromatic nitrogens is 1. The van der Waals surface area contributed by atoms with Crippen molar-refractivity contribution in [2.45, 2.75) is 20.3 Å². The molecule has 0 fully saturated rings. The third kappa shape index (κ3) is 2.70. The normalized spacial score (nSPS) is 10.1. The third-order valence-corrected chi connectivity index (χ3v) is 1.75. The van der Waals surface area contributed by atoms with E-state index in [0.717, 1.165) is 23.6 Å². The lowest BCUT2D eigenvalue weighted by Crippen LogP contribution is -2.07. The summed E-state index contributed by atoms with van der Waals surface area (Å²) in [6.45, 7) is 5.21. The van der Waals surface area contributed by atoms with E-state index >= 15 is 0 Å². The molecule has 0 amide bonds. The summed E-state index contributed by atoms with van der Waals surface area (Å²) in [5, 5.41) is 0. The zero-order valence-electron chi connectivity index (χ0n) is 8.21. The summed E-state index contributed by atoms with van der Waals surface area (Å²) in [7, 11) is 0. The van der Waals surface area contributed by atoms with Gasteiger partial charge in [-0.3, -0.25) is 4.98 Å². The van der Waals surface area contributed by atoms with Crippen molar-refractivity contribution < 1.29 is 4.74 Å². The number of nitrogens with two attached hydrogens (primary N) is 1. The summed E-state index contributed by atoms with van der Waals surface area (Å²) in [6, 6.07) is 3.90. The Balaban J connectivity index is 2.89. The quantitative estimate of drug-likeness (QED) is 0.759. The molecule has 0 spiro atoms. The van der Waals surface area contributed by atoms with E-state index in [-0.39, 0.29) is 0 Å². The number of ether oxygens (including phenoxy) is 1. The van der Waals surface area contributed by atoms with Crippen molar-refractivity contribution in [3.8, 4) is 5.75 Å². The molecule has 0 aromatic carbocycles. The Morgan fingerprint density at radius 3 is 2.85 bits per heavy atom. The summed E-state index contributed by atoms with van der Waals surface area (Å²) < 4.78 is 5.43. The summed E-state index contributed by atoms with van der Waals surface area (Å²) in [5.74, 6) is 0.860. The fourth-order valence-corrected chi connectivity index (χ4v) is 1.20. The Hall–Kier alpha value is -1.09. The zero-order valence-corrected chi connectivity index (χ0v) is 8.21. The van der Waals surface area contributed by atoms with Crippen LogP contribution < -0.4 is 10.5 Å². The average Bonchev–Trinajstić information content (AvgIpc) is 2.10. The first-order valence-electron chi connectivity index (χ1n) is 4.57. The predicted octanol–water partition coefficient (Wildman–Crippen LogP) is 1.29. The third-order valence-electron chi connectivity index (χ3n) is 1.75. The van der Waals surface area contributed by atoms with Crippen LogP contribution in [0.2, 0.25) is 0 Å². The Kier molecular flexibility index (Phi) is 3.71. The highest BCUT2D eigenvalue weighted by atomic mass is 16.5. The zero-order chi connectivity index (χ0) is 9.68. The molecule has 0 saturated carbocycles. The van der Waals surface area contributed by atoms with Crippen molar-refractivity contribution in [2.75, 3.05) is 13.2 Å². The maximum Gasteiger partial charge on any atom is 0.140 e. The lowest BCUT2D eigenvalue weighted by molar-refractivity contribution is 0.334. The fraction of sp³-hybridized carbons (Fsp3) is 0.500. The van der Waals surface area contributed by atoms with Crippen LogP contribution >= 0.6 is 0 Å². The molecule has 72 valence electrons. The second-order valence-electron chi connectivity index (χ2n) is 2.87. The van der Waals surface area contributed by atoms with Gasteiger partial charge >= 0.3 is 0 Å². The van der Waals surface area contributed by atoms with Gasteiger partial charge in [-0.1, -0.05) is 0 Å².